The zero-order valence-corrected chi connectivity index (χ0v) is 12.1. The number of nitrogens with zero attached hydrogens (tertiary/aromatic N) is 1. The minimum Gasteiger partial charge on any atom is -1.00 e. The Bertz CT molecular complexity index is 86.3. The molecule has 0 radical (unpaired) electrons. The molecule has 5 N–H and O–H groups in total. The molecule has 0 heterocycles. The Labute approximate surface area is 112 Å². The molecule has 0 amide bonds. The van der Waals surface area contributed by atoms with E-state index in [1.165, 1.54) is 37.4 Å². The topological polar surface area (TPSA) is 105 Å². The van der Waals surface area contributed by atoms with Crippen LogP contribution in [0.1, 0.15) is 45.4 Å². The maximum atomic E-state index is 8.42. The van der Waals surface area contributed by atoms with Crippen LogP contribution in [0.5, 0.6) is 0 Å². The Balaban J connectivity index is -0.0000000500. The van der Waals surface area contributed by atoms with Crippen molar-refractivity contribution in [2.45, 2.75) is 45.4 Å². The summed E-state index contributed by atoms with van der Waals surface area (Å²) in [5.74, 6) is 0. The van der Waals surface area contributed by atoms with Crippen LogP contribution in [0.2, 0.25) is 0 Å². The summed E-state index contributed by atoms with van der Waals surface area (Å²) in [7, 11) is 0. The van der Waals surface area contributed by atoms with Crippen LogP contribution in [0.3, 0.4) is 0 Å². The molecular weight excluding hydrogens is 403 g/mol. The quantitative estimate of drug-likeness (QED) is 0.308. The van der Waals surface area contributed by atoms with Gasteiger partial charge in [0.1, 0.15) is 0 Å². The second-order valence-electron chi connectivity index (χ2n) is 2.57. The molecule has 0 aromatic rings. The van der Waals surface area contributed by atoms with Crippen molar-refractivity contribution < 1.29 is 43.8 Å². The van der Waals surface area contributed by atoms with Crippen molar-refractivity contribution in [3.8, 4) is 0 Å². The Morgan fingerprint density at radius 1 is 1.07 bits per heavy atom. The summed E-state index contributed by atoms with van der Waals surface area (Å²) in [5.41, 5.74) is 0. The van der Waals surface area contributed by atoms with Gasteiger partial charge in [-0.25, -0.2) is 0 Å². The van der Waals surface area contributed by atoms with Crippen molar-refractivity contribution in [3.05, 3.63) is 4.91 Å². The van der Waals surface area contributed by atoms with E-state index in [0.717, 1.165) is 6.42 Å². The summed E-state index contributed by atoms with van der Waals surface area (Å²) >= 11 is 0. The van der Waals surface area contributed by atoms with Crippen molar-refractivity contribution in [1.29, 1.82) is 0 Å². The minimum atomic E-state index is 0. The van der Waals surface area contributed by atoms with Gasteiger partial charge in [0.15, 0.2) is 5.34 Å². The third kappa shape index (κ3) is 54.5. The van der Waals surface area contributed by atoms with E-state index in [2.05, 4.69) is 6.92 Å². The average Bonchev–Trinajstić information content (AvgIpc) is 2.06. The van der Waals surface area contributed by atoms with E-state index in [1.54, 1.807) is 0 Å². The smallest absolute Gasteiger partial charge is 1.00 e. The molecule has 0 unspecified atom stereocenters. The SMILES string of the molecule is CCCCCCCCO.N.O=NO.[Cl-].[Pt+4]. The van der Waals surface area contributed by atoms with Gasteiger partial charge in [-0.2, -0.15) is 0 Å². The molecule has 0 aromatic carbocycles. The first-order valence-corrected chi connectivity index (χ1v) is 4.41. The predicted octanol–water partition coefficient (Wildman–Crippen LogP) is -0.355. The molecule has 15 heavy (non-hydrogen) atoms. The van der Waals surface area contributed by atoms with Gasteiger partial charge in [0.05, 0.1) is 0 Å². The number of hydrogen-bond donors (Lipinski definition) is 3. The van der Waals surface area contributed by atoms with Gasteiger partial charge in [0, 0.05) is 6.61 Å². The molecule has 96 valence electrons. The van der Waals surface area contributed by atoms with Gasteiger partial charge in [0.2, 0.25) is 0 Å². The van der Waals surface area contributed by atoms with Gasteiger partial charge < -0.3 is 28.9 Å². The molecule has 0 aliphatic carbocycles. The fourth-order valence-corrected chi connectivity index (χ4v) is 0.892. The van der Waals surface area contributed by atoms with Crippen molar-refractivity contribution in [1.82, 2.24) is 6.15 Å². The molecule has 0 saturated carbocycles. The number of rotatable bonds is 6. The second kappa shape index (κ2) is 36.7. The van der Waals surface area contributed by atoms with Crippen LogP contribution < -0.4 is 18.6 Å². The molecule has 0 aliphatic rings. The normalized spacial score (nSPS) is 6.80. The molecule has 0 aliphatic heterocycles. The fraction of sp³-hybridized carbons (Fsp3) is 1.00. The number of halogens is 1. The zero-order valence-electron chi connectivity index (χ0n) is 9.10. The summed E-state index contributed by atoms with van der Waals surface area (Å²) in [6.07, 6.45) is 7.50. The van der Waals surface area contributed by atoms with Crippen LogP contribution in [0.15, 0.2) is 5.34 Å². The van der Waals surface area contributed by atoms with Crippen LogP contribution >= 0.6 is 0 Å². The van der Waals surface area contributed by atoms with Crippen molar-refractivity contribution in [2.75, 3.05) is 6.61 Å². The molecular formula is C8H22ClN2O3Pt+3. The van der Waals surface area contributed by atoms with Crippen LogP contribution in [-0.4, -0.2) is 16.9 Å². The van der Waals surface area contributed by atoms with Crippen molar-refractivity contribution in [3.63, 3.8) is 0 Å². The molecule has 0 saturated heterocycles. The van der Waals surface area contributed by atoms with Gasteiger partial charge >= 0.3 is 21.1 Å². The third-order valence-electron chi connectivity index (χ3n) is 1.51. The fourth-order valence-electron chi connectivity index (χ4n) is 0.892. The number of hydrogen-bond acceptors (Lipinski definition) is 4. The number of aliphatic hydroxyl groups excluding tert-OH is 1. The minimum absolute atomic E-state index is 0. The van der Waals surface area contributed by atoms with Crippen molar-refractivity contribution >= 4 is 0 Å². The van der Waals surface area contributed by atoms with Crippen LogP contribution in [-0.2, 0) is 21.1 Å². The maximum absolute atomic E-state index is 8.42. The predicted molar refractivity (Wildman–Crippen MR) is 53.1 cm³/mol. The van der Waals surface area contributed by atoms with Gasteiger partial charge in [-0.15, -0.1) is 4.91 Å². The van der Waals surface area contributed by atoms with Gasteiger partial charge in [-0.3, -0.25) is 0 Å². The summed E-state index contributed by atoms with van der Waals surface area (Å²) in [4.78, 5) is 8.11. The Hall–Kier alpha value is 0.298. The first kappa shape index (κ1) is 29.5. The van der Waals surface area contributed by atoms with E-state index in [-0.39, 0.29) is 39.6 Å². The first-order chi connectivity index (χ1) is 5.83. The van der Waals surface area contributed by atoms with E-state index >= 15 is 0 Å². The van der Waals surface area contributed by atoms with E-state index in [0.29, 0.717) is 6.61 Å². The van der Waals surface area contributed by atoms with Gasteiger partial charge in [-0.1, -0.05) is 39.0 Å². The third-order valence-corrected chi connectivity index (χ3v) is 1.51. The average molecular weight is 425 g/mol. The standard InChI is InChI=1S/C8H18O.ClH.HNO2.H3N.Pt/c1-2-3-4-5-6-7-8-9;;2-1-3;;/h9H,2-8H2,1H3;1H;(H,2,3);1H3;/q;;;;+4/p-1. The molecule has 0 fully saturated rings. The number of unbranched alkanes of at least 4 members (excludes halogenated alkanes) is 5. The second-order valence-corrected chi connectivity index (χ2v) is 2.57. The molecule has 0 bridgehead atoms. The van der Waals surface area contributed by atoms with E-state index in [9.17, 15) is 0 Å². The Kier molecular flexibility index (Phi) is 72.2. The van der Waals surface area contributed by atoms with Crippen molar-refractivity contribution in [2.24, 2.45) is 5.34 Å². The maximum Gasteiger partial charge on any atom is 4.00 e. The summed E-state index contributed by atoms with van der Waals surface area (Å²) in [5, 5.41) is 16.3. The van der Waals surface area contributed by atoms with Crippen LogP contribution in [0.25, 0.3) is 0 Å². The molecule has 0 spiro atoms. The summed E-state index contributed by atoms with van der Waals surface area (Å²) < 4.78 is 0. The first-order valence-electron chi connectivity index (χ1n) is 4.41. The Morgan fingerprint density at radius 2 is 1.40 bits per heavy atom. The van der Waals surface area contributed by atoms with Crippen LogP contribution in [0.4, 0.5) is 0 Å². The number of aliphatic hydroxyl groups is 1. The van der Waals surface area contributed by atoms with E-state index in [4.69, 9.17) is 15.2 Å². The molecule has 5 nitrogen and oxygen atoms in total. The summed E-state index contributed by atoms with van der Waals surface area (Å²) in [6.45, 7) is 2.58. The van der Waals surface area contributed by atoms with Gasteiger partial charge in [0.25, 0.3) is 0 Å². The van der Waals surface area contributed by atoms with E-state index < -0.39 is 0 Å². The largest absolute Gasteiger partial charge is 4.00 e. The Morgan fingerprint density at radius 3 is 1.73 bits per heavy atom. The molecule has 0 atom stereocenters. The monoisotopic (exact) mass is 424 g/mol. The zero-order chi connectivity index (χ0) is 9.66. The molecule has 0 aromatic heterocycles. The summed E-state index contributed by atoms with van der Waals surface area (Å²) in [6, 6.07) is 0. The van der Waals surface area contributed by atoms with Crippen LogP contribution in [0, 0.1) is 4.91 Å². The van der Waals surface area contributed by atoms with E-state index in [1.807, 2.05) is 0 Å². The molecule has 0 rings (SSSR count). The van der Waals surface area contributed by atoms with Gasteiger partial charge in [-0.05, 0) is 6.42 Å². The molecule has 7 heteroatoms.